The number of hydrogen-bond acceptors (Lipinski definition) is 2. The highest BCUT2D eigenvalue weighted by molar-refractivity contribution is 6.31. The van der Waals surface area contributed by atoms with Crippen molar-refractivity contribution in [2.24, 2.45) is 0 Å². The number of halogens is 1. The smallest absolute Gasteiger partial charge is 0.268 e. The van der Waals surface area contributed by atoms with Gasteiger partial charge in [-0.15, -0.1) is 0 Å². The van der Waals surface area contributed by atoms with Gasteiger partial charge in [0, 0.05) is 39.8 Å². The Morgan fingerprint density at radius 1 is 1.24 bits per heavy atom. The lowest BCUT2D eigenvalue weighted by Crippen LogP contribution is -2.37. The Bertz CT molecular complexity index is 1010. The lowest BCUT2D eigenvalue weighted by atomic mass is 10.1. The molecule has 2 amide bonds. The molecule has 0 radical (unpaired) electrons. The second kappa shape index (κ2) is 5.93. The number of carbonyl (C=O) groups is 2. The molecule has 0 bridgehead atoms. The van der Waals surface area contributed by atoms with Crippen LogP contribution in [0.3, 0.4) is 0 Å². The van der Waals surface area contributed by atoms with E-state index in [-0.39, 0.29) is 17.9 Å². The molecule has 1 aliphatic heterocycles. The molecule has 2 N–H and O–H groups in total. The van der Waals surface area contributed by atoms with E-state index in [0.717, 1.165) is 10.9 Å². The van der Waals surface area contributed by atoms with Crippen LogP contribution in [0, 0.1) is 0 Å². The van der Waals surface area contributed by atoms with E-state index in [1.807, 2.05) is 29.7 Å². The molecule has 2 aromatic carbocycles. The van der Waals surface area contributed by atoms with E-state index in [4.69, 9.17) is 11.6 Å². The van der Waals surface area contributed by atoms with Crippen LogP contribution in [0.4, 0.5) is 5.69 Å². The molecule has 1 atom stereocenters. The summed E-state index contributed by atoms with van der Waals surface area (Å²) < 4.78 is 1.99. The minimum Gasteiger partial charge on any atom is -0.349 e. The van der Waals surface area contributed by atoms with E-state index in [1.165, 1.54) is 0 Å². The van der Waals surface area contributed by atoms with Crippen LogP contribution in [-0.4, -0.2) is 22.9 Å². The maximum atomic E-state index is 12.6. The van der Waals surface area contributed by atoms with Gasteiger partial charge in [-0.1, -0.05) is 23.7 Å². The van der Waals surface area contributed by atoms with Gasteiger partial charge in [-0.05, 0) is 43.3 Å². The molecular formula is C19H16ClN3O2. The average Bonchev–Trinajstić information content (AvgIpc) is 2.98. The van der Waals surface area contributed by atoms with Crippen molar-refractivity contribution >= 4 is 40.0 Å². The second-order valence-electron chi connectivity index (χ2n) is 6.20. The highest BCUT2D eigenvalue weighted by atomic mass is 35.5. The molecule has 0 fully saturated rings. The Hall–Kier alpha value is -2.79. The Balaban J connectivity index is 1.72. The van der Waals surface area contributed by atoms with Gasteiger partial charge in [-0.3, -0.25) is 9.59 Å². The molecule has 0 aliphatic carbocycles. The lowest BCUT2D eigenvalue weighted by molar-refractivity contribution is 0.0919. The zero-order valence-corrected chi connectivity index (χ0v) is 14.3. The van der Waals surface area contributed by atoms with Gasteiger partial charge in [0.15, 0.2) is 0 Å². The summed E-state index contributed by atoms with van der Waals surface area (Å²) in [5.41, 5.74) is 2.69. The highest BCUT2D eigenvalue weighted by Gasteiger charge is 2.24. The highest BCUT2D eigenvalue weighted by Crippen LogP contribution is 2.27. The van der Waals surface area contributed by atoms with Crippen molar-refractivity contribution in [3.8, 4) is 0 Å². The van der Waals surface area contributed by atoms with Crippen molar-refractivity contribution in [3.05, 3.63) is 64.8 Å². The summed E-state index contributed by atoms with van der Waals surface area (Å²) in [6.45, 7) is 2.62. The van der Waals surface area contributed by atoms with Crippen molar-refractivity contribution < 1.29 is 9.59 Å². The SMILES string of the molecule is CC1CNC(=O)c2cc3ccc(C(=O)Nc4cccc(Cl)c4)cc3n21. The number of nitrogens with one attached hydrogen (secondary N) is 2. The Labute approximate surface area is 149 Å². The molecule has 2 heterocycles. The molecular weight excluding hydrogens is 338 g/mol. The van der Waals surface area contributed by atoms with Crippen LogP contribution >= 0.6 is 11.6 Å². The molecule has 0 spiro atoms. The number of fused-ring (bicyclic) bond motifs is 3. The summed E-state index contributed by atoms with van der Waals surface area (Å²) in [7, 11) is 0. The van der Waals surface area contributed by atoms with E-state index in [2.05, 4.69) is 10.6 Å². The van der Waals surface area contributed by atoms with E-state index < -0.39 is 0 Å². The molecule has 5 nitrogen and oxygen atoms in total. The van der Waals surface area contributed by atoms with Gasteiger partial charge in [-0.25, -0.2) is 0 Å². The Kier molecular flexibility index (Phi) is 3.73. The summed E-state index contributed by atoms with van der Waals surface area (Å²) in [5, 5.41) is 7.22. The van der Waals surface area contributed by atoms with Crippen molar-refractivity contribution in [2.45, 2.75) is 13.0 Å². The van der Waals surface area contributed by atoms with E-state index in [0.29, 0.717) is 28.5 Å². The maximum Gasteiger partial charge on any atom is 0.268 e. The Morgan fingerprint density at radius 3 is 2.88 bits per heavy atom. The fourth-order valence-corrected chi connectivity index (χ4v) is 3.39. The largest absolute Gasteiger partial charge is 0.349 e. The van der Waals surface area contributed by atoms with E-state index in [9.17, 15) is 9.59 Å². The predicted molar refractivity (Wildman–Crippen MR) is 98.4 cm³/mol. The minimum absolute atomic E-state index is 0.0840. The third kappa shape index (κ3) is 2.76. The van der Waals surface area contributed by atoms with Crippen molar-refractivity contribution in [2.75, 3.05) is 11.9 Å². The van der Waals surface area contributed by atoms with Crippen LogP contribution in [0.2, 0.25) is 5.02 Å². The number of nitrogens with zero attached hydrogens (tertiary/aromatic N) is 1. The van der Waals surface area contributed by atoms with E-state index >= 15 is 0 Å². The van der Waals surface area contributed by atoms with Crippen LogP contribution in [0.15, 0.2) is 48.5 Å². The van der Waals surface area contributed by atoms with Crippen molar-refractivity contribution in [1.82, 2.24) is 9.88 Å². The zero-order chi connectivity index (χ0) is 17.6. The molecule has 1 aromatic heterocycles. The summed E-state index contributed by atoms with van der Waals surface area (Å²) in [6.07, 6.45) is 0. The molecule has 6 heteroatoms. The second-order valence-corrected chi connectivity index (χ2v) is 6.63. The average molecular weight is 354 g/mol. The van der Waals surface area contributed by atoms with Gasteiger partial charge < -0.3 is 15.2 Å². The quantitative estimate of drug-likeness (QED) is 0.735. The predicted octanol–water partition coefficient (Wildman–Crippen LogP) is 3.85. The summed E-state index contributed by atoms with van der Waals surface area (Å²) in [6, 6.07) is 14.5. The number of rotatable bonds is 2. The first-order chi connectivity index (χ1) is 12.0. The number of carbonyl (C=O) groups excluding carboxylic acids is 2. The third-order valence-electron chi connectivity index (χ3n) is 4.42. The van der Waals surface area contributed by atoms with Gasteiger partial charge in [0.2, 0.25) is 0 Å². The summed E-state index contributed by atoms with van der Waals surface area (Å²) in [4.78, 5) is 24.6. The van der Waals surface area contributed by atoms with Crippen LogP contribution in [0.5, 0.6) is 0 Å². The van der Waals surface area contributed by atoms with Crippen LogP contribution in [0.1, 0.15) is 33.8 Å². The van der Waals surface area contributed by atoms with E-state index in [1.54, 1.807) is 30.3 Å². The van der Waals surface area contributed by atoms with Crippen molar-refractivity contribution in [1.29, 1.82) is 0 Å². The van der Waals surface area contributed by atoms with Gasteiger partial charge in [0.05, 0.1) is 0 Å². The van der Waals surface area contributed by atoms with Crippen LogP contribution < -0.4 is 10.6 Å². The number of hydrogen-bond donors (Lipinski definition) is 2. The number of amides is 2. The van der Waals surface area contributed by atoms with Crippen LogP contribution in [-0.2, 0) is 0 Å². The first-order valence-corrected chi connectivity index (χ1v) is 8.41. The number of aromatic nitrogens is 1. The molecule has 3 aromatic rings. The molecule has 25 heavy (non-hydrogen) atoms. The fourth-order valence-electron chi connectivity index (χ4n) is 3.20. The van der Waals surface area contributed by atoms with Crippen LogP contribution in [0.25, 0.3) is 10.9 Å². The molecule has 1 aliphatic rings. The molecule has 0 saturated heterocycles. The van der Waals surface area contributed by atoms with Gasteiger partial charge >= 0.3 is 0 Å². The maximum absolute atomic E-state index is 12.6. The zero-order valence-electron chi connectivity index (χ0n) is 13.5. The lowest BCUT2D eigenvalue weighted by Gasteiger charge is -2.24. The van der Waals surface area contributed by atoms with Gasteiger partial charge in [0.1, 0.15) is 5.69 Å². The molecule has 1 unspecified atom stereocenters. The normalized spacial score (nSPS) is 16.4. The summed E-state index contributed by atoms with van der Waals surface area (Å²) in [5.74, 6) is -0.299. The number of benzene rings is 2. The van der Waals surface area contributed by atoms with Gasteiger partial charge in [0.25, 0.3) is 11.8 Å². The Morgan fingerprint density at radius 2 is 2.08 bits per heavy atom. The topological polar surface area (TPSA) is 63.1 Å². The molecule has 4 rings (SSSR count). The molecule has 126 valence electrons. The minimum atomic E-state index is -0.215. The first-order valence-electron chi connectivity index (χ1n) is 8.03. The van der Waals surface area contributed by atoms with Gasteiger partial charge in [-0.2, -0.15) is 0 Å². The third-order valence-corrected chi connectivity index (χ3v) is 4.65. The number of anilines is 1. The summed E-state index contributed by atoms with van der Waals surface area (Å²) >= 11 is 5.95. The standard InChI is InChI=1S/C19H16ClN3O2/c1-11-10-21-19(25)17-7-12-5-6-13(8-16(12)23(11)17)18(24)22-15-4-2-3-14(20)9-15/h2-9,11H,10H2,1H3,(H,21,25)(H,22,24). The monoisotopic (exact) mass is 353 g/mol. The van der Waals surface area contributed by atoms with Crippen molar-refractivity contribution in [3.63, 3.8) is 0 Å². The molecule has 0 saturated carbocycles. The first kappa shape index (κ1) is 15.7. The fraction of sp³-hybridized carbons (Fsp3) is 0.158.